The van der Waals surface area contributed by atoms with Gasteiger partial charge in [-0.2, -0.15) is 0 Å². The van der Waals surface area contributed by atoms with Gasteiger partial charge in [-0.05, 0) is 44.5 Å². The molecule has 0 aliphatic rings. The van der Waals surface area contributed by atoms with Crippen LogP contribution in [0.3, 0.4) is 0 Å². The Morgan fingerprint density at radius 1 is 1.13 bits per heavy atom. The summed E-state index contributed by atoms with van der Waals surface area (Å²) in [5.41, 5.74) is 0.764. The number of amides is 1. The van der Waals surface area contributed by atoms with Gasteiger partial charge >= 0.3 is 11.9 Å². The quantitative estimate of drug-likeness (QED) is 0.662. The van der Waals surface area contributed by atoms with Crippen LogP contribution in [0.25, 0.3) is 6.08 Å². The number of hydrogen-bond donors (Lipinski definition) is 1. The fraction of sp³-hybridized carbons (Fsp3) is 0.353. The summed E-state index contributed by atoms with van der Waals surface area (Å²) in [4.78, 5) is 34.3. The van der Waals surface area contributed by atoms with Crippen molar-refractivity contribution in [2.24, 2.45) is 0 Å². The number of esters is 2. The molecule has 0 saturated carbocycles. The van der Waals surface area contributed by atoms with Crippen molar-refractivity contribution in [1.29, 1.82) is 0 Å². The van der Waals surface area contributed by atoms with Gasteiger partial charge in [0.2, 0.25) is 0 Å². The summed E-state index contributed by atoms with van der Waals surface area (Å²) in [5, 5.41) is 2.69. The molecule has 0 radical (unpaired) electrons. The molecule has 0 aliphatic carbocycles. The molecule has 6 nitrogen and oxygen atoms in total. The Kier molecular flexibility index (Phi) is 6.50. The zero-order valence-corrected chi connectivity index (χ0v) is 13.7. The number of ether oxygens (including phenoxy) is 2. The third-order valence-electron chi connectivity index (χ3n) is 2.60. The molecule has 0 unspecified atom stereocenters. The largest absolute Gasteiger partial charge is 0.465 e. The molecule has 1 amide bonds. The number of hydrogen-bond acceptors (Lipinski definition) is 5. The number of nitrogens with one attached hydrogen (secondary N) is 1. The first-order chi connectivity index (χ1) is 10.7. The molecule has 0 aromatic heterocycles. The maximum absolute atomic E-state index is 11.5. The molecule has 0 aliphatic heterocycles. The van der Waals surface area contributed by atoms with Crippen molar-refractivity contribution in [1.82, 2.24) is 5.32 Å². The van der Waals surface area contributed by atoms with Gasteiger partial charge in [0, 0.05) is 11.6 Å². The van der Waals surface area contributed by atoms with E-state index in [2.05, 4.69) is 10.1 Å². The normalized spacial score (nSPS) is 11.1. The lowest BCUT2D eigenvalue weighted by Gasteiger charge is -2.20. The average molecular weight is 319 g/mol. The van der Waals surface area contributed by atoms with Crippen molar-refractivity contribution < 1.29 is 23.9 Å². The first kappa shape index (κ1) is 18.4. The molecule has 1 aromatic carbocycles. The summed E-state index contributed by atoms with van der Waals surface area (Å²) >= 11 is 0. The predicted octanol–water partition coefficient (Wildman–Crippen LogP) is 1.94. The molecule has 124 valence electrons. The highest BCUT2D eigenvalue weighted by molar-refractivity contribution is 5.91. The molecular weight excluding hydrogens is 298 g/mol. The van der Waals surface area contributed by atoms with Gasteiger partial charge in [0.15, 0.2) is 6.61 Å². The Labute approximate surface area is 135 Å². The van der Waals surface area contributed by atoms with Crippen molar-refractivity contribution in [3.63, 3.8) is 0 Å². The van der Waals surface area contributed by atoms with Crippen LogP contribution in [0, 0.1) is 0 Å². The van der Waals surface area contributed by atoms with E-state index in [-0.39, 0.29) is 18.1 Å². The van der Waals surface area contributed by atoms with Gasteiger partial charge in [-0.3, -0.25) is 4.79 Å². The van der Waals surface area contributed by atoms with E-state index in [0.717, 1.165) is 0 Å². The van der Waals surface area contributed by atoms with Gasteiger partial charge in [0.1, 0.15) is 0 Å². The van der Waals surface area contributed by atoms with E-state index in [1.54, 1.807) is 24.3 Å². The van der Waals surface area contributed by atoms with Gasteiger partial charge in [-0.1, -0.05) is 12.1 Å². The number of rotatable bonds is 5. The standard InChI is InChI=1S/C17H21NO5/c1-17(2,3)18-14(19)11-23-15(20)10-7-12-5-8-13(9-6-12)16(21)22-4/h5-10H,11H2,1-4H3,(H,18,19)/b10-7+. The van der Waals surface area contributed by atoms with Crippen LogP contribution in [0.5, 0.6) is 0 Å². The second-order valence-electron chi connectivity index (χ2n) is 5.85. The molecule has 0 heterocycles. The SMILES string of the molecule is COC(=O)c1ccc(/C=C/C(=O)OCC(=O)NC(C)(C)C)cc1. The van der Waals surface area contributed by atoms with E-state index in [4.69, 9.17) is 4.74 Å². The molecule has 23 heavy (non-hydrogen) atoms. The monoisotopic (exact) mass is 319 g/mol. The zero-order valence-electron chi connectivity index (χ0n) is 13.7. The Morgan fingerprint density at radius 2 is 1.74 bits per heavy atom. The summed E-state index contributed by atoms with van der Waals surface area (Å²) < 4.78 is 9.43. The number of carbonyl (C=O) groups excluding carboxylic acids is 3. The zero-order chi connectivity index (χ0) is 17.5. The van der Waals surface area contributed by atoms with Crippen LogP contribution < -0.4 is 5.32 Å². The fourth-order valence-electron chi connectivity index (χ4n) is 1.65. The molecular formula is C17H21NO5. The fourth-order valence-corrected chi connectivity index (χ4v) is 1.65. The Bertz CT molecular complexity index is 596. The minimum atomic E-state index is -0.619. The minimum Gasteiger partial charge on any atom is -0.465 e. The maximum Gasteiger partial charge on any atom is 0.337 e. The molecule has 6 heteroatoms. The summed E-state index contributed by atoms with van der Waals surface area (Å²) in [5.74, 6) is -1.41. The van der Waals surface area contributed by atoms with Crippen molar-refractivity contribution in [3.05, 3.63) is 41.5 Å². The topological polar surface area (TPSA) is 81.7 Å². The van der Waals surface area contributed by atoms with Crippen LogP contribution in [-0.4, -0.2) is 37.1 Å². The molecule has 0 fully saturated rings. The Balaban J connectivity index is 2.49. The van der Waals surface area contributed by atoms with Gasteiger partial charge in [-0.25, -0.2) is 9.59 Å². The second-order valence-corrected chi connectivity index (χ2v) is 5.85. The lowest BCUT2D eigenvalue weighted by Crippen LogP contribution is -2.42. The van der Waals surface area contributed by atoms with Crippen LogP contribution in [0.2, 0.25) is 0 Å². The van der Waals surface area contributed by atoms with Crippen LogP contribution in [0.1, 0.15) is 36.7 Å². The molecule has 1 rings (SSSR count). The summed E-state index contributed by atoms with van der Waals surface area (Å²) in [6.45, 7) is 5.18. The number of benzene rings is 1. The van der Waals surface area contributed by atoms with Crippen molar-refractivity contribution in [2.75, 3.05) is 13.7 Å². The maximum atomic E-state index is 11.5. The Morgan fingerprint density at radius 3 is 2.26 bits per heavy atom. The van der Waals surface area contributed by atoms with Gasteiger partial charge in [-0.15, -0.1) is 0 Å². The number of methoxy groups -OCH3 is 1. The van der Waals surface area contributed by atoms with Crippen molar-refractivity contribution in [3.8, 4) is 0 Å². The minimum absolute atomic E-state index is 0.332. The third-order valence-corrected chi connectivity index (χ3v) is 2.60. The molecule has 0 spiro atoms. The molecule has 1 N–H and O–H groups in total. The first-order valence-corrected chi connectivity index (χ1v) is 7.05. The summed E-state index contributed by atoms with van der Waals surface area (Å²) in [7, 11) is 1.31. The molecule has 0 atom stereocenters. The lowest BCUT2D eigenvalue weighted by atomic mass is 10.1. The van der Waals surface area contributed by atoms with E-state index < -0.39 is 11.9 Å². The van der Waals surface area contributed by atoms with Crippen LogP contribution in [0.4, 0.5) is 0 Å². The predicted molar refractivity (Wildman–Crippen MR) is 85.7 cm³/mol. The smallest absolute Gasteiger partial charge is 0.337 e. The summed E-state index contributed by atoms with van der Waals surface area (Å²) in [6.07, 6.45) is 2.75. The van der Waals surface area contributed by atoms with Gasteiger partial charge < -0.3 is 14.8 Å². The van der Waals surface area contributed by atoms with Crippen LogP contribution in [0.15, 0.2) is 30.3 Å². The number of carbonyl (C=O) groups is 3. The highest BCUT2D eigenvalue weighted by Crippen LogP contribution is 2.07. The van der Waals surface area contributed by atoms with Crippen molar-refractivity contribution in [2.45, 2.75) is 26.3 Å². The first-order valence-electron chi connectivity index (χ1n) is 7.05. The van der Waals surface area contributed by atoms with Crippen LogP contribution >= 0.6 is 0 Å². The molecule has 0 bridgehead atoms. The highest BCUT2D eigenvalue weighted by atomic mass is 16.5. The van der Waals surface area contributed by atoms with E-state index in [9.17, 15) is 14.4 Å². The van der Waals surface area contributed by atoms with Gasteiger partial charge in [0.25, 0.3) is 5.91 Å². The van der Waals surface area contributed by atoms with E-state index >= 15 is 0 Å². The Hall–Kier alpha value is -2.63. The van der Waals surface area contributed by atoms with Gasteiger partial charge in [0.05, 0.1) is 12.7 Å². The van der Waals surface area contributed by atoms with E-state index in [1.165, 1.54) is 19.3 Å². The van der Waals surface area contributed by atoms with Crippen LogP contribution in [-0.2, 0) is 19.1 Å². The lowest BCUT2D eigenvalue weighted by molar-refractivity contribution is -0.144. The summed E-state index contributed by atoms with van der Waals surface area (Å²) in [6, 6.07) is 6.52. The van der Waals surface area contributed by atoms with E-state index in [1.807, 2.05) is 20.8 Å². The molecule has 0 saturated heterocycles. The second kappa shape index (κ2) is 8.12. The average Bonchev–Trinajstić information content (AvgIpc) is 2.49. The third kappa shape index (κ3) is 7.26. The van der Waals surface area contributed by atoms with Crippen molar-refractivity contribution >= 4 is 23.9 Å². The highest BCUT2D eigenvalue weighted by Gasteiger charge is 2.14. The molecule has 1 aromatic rings. The van der Waals surface area contributed by atoms with E-state index in [0.29, 0.717) is 11.1 Å².